The number of hydrogen-bond acceptors (Lipinski definition) is 5. The summed E-state index contributed by atoms with van der Waals surface area (Å²) in [6.07, 6.45) is 2.98. The molecule has 0 radical (unpaired) electrons. The maximum absolute atomic E-state index is 13.6. The lowest BCUT2D eigenvalue weighted by molar-refractivity contribution is -0.113. The van der Waals surface area contributed by atoms with E-state index < -0.39 is 17.5 Å². The zero-order valence-electron chi connectivity index (χ0n) is 15.4. The number of thioether (sulfide) groups is 1. The first kappa shape index (κ1) is 20.5. The van der Waals surface area contributed by atoms with Crippen LogP contribution in [0, 0.1) is 11.6 Å². The predicted octanol–water partition coefficient (Wildman–Crippen LogP) is 3.64. The van der Waals surface area contributed by atoms with Gasteiger partial charge in [-0.3, -0.25) is 14.2 Å². The van der Waals surface area contributed by atoms with Crippen molar-refractivity contribution in [3.8, 4) is 11.4 Å². The van der Waals surface area contributed by atoms with Gasteiger partial charge in [0, 0.05) is 24.1 Å². The molecule has 29 heavy (non-hydrogen) atoms. The predicted molar refractivity (Wildman–Crippen MR) is 107 cm³/mol. The van der Waals surface area contributed by atoms with Crippen LogP contribution in [-0.2, 0) is 4.79 Å². The number of anilines is 1. The monoisotopic (exact) mass is 417 g/mol. The van der Waals surface area contributed by atoms with Gasteiger partial charge in [0.15, 0.2) is 5.03 Å². The molecule has 2 aromatic carbocycles. The van der Waals surface area contributed by atoms with Crippen LogP contribution in [0.4, 0.5) is 14.5 Å². The topological polar surface area (TPSA) is 73.2 Å². The van der Waals surface area contributed by atoms with Gasteiger partial charge >= 0.3 is 0 Å². The first-order valence-electron chi connectivity index (χ1n) is 8.66. The van der Waals surface area contributed by atoms with Crippen LogP contribution < -0.4 is 15.6 Å². The van der Waals surface area contributed by atoms with Gasteiger partial charge in [0.05, 0.1) is 18.0 Å². The van der Waals surface area contributed by atoms with Crippen LogP contribution >= 0.6 is 11.8 Å². The Bertz CT molecular complexity index is 1070. The summed E-state index contributed by atoms with van der Waals surface area (Å²) in [6.45, 7) is 2.42. The Morgan fingerprint density at radius 1 is 1.21 bits per heavy atom. The van der Waals surface area contributed by atoms with E-state index in [0.29, 0.717) is 24.1 Å². The molecule has 0 saturated heterocycles. The highest BCUT2D eigenvalue weighted by Crippen LogP contribution is 2.18. The summed E-state index contributed by atoms with van der Waals surface area (Å²) in [4.78, 5) is 28.7. The third-order valence-corrected chi connectivity index (χ3v) is 4.74. The summed E-state index contributed by atoms with van der Waals surface area (Å²) in [5.74, 6) is -1.63. The third-order valence-electron chi connectivity index (χ3n) is 3.78. The third kappa shape index (κ3) is 5.20. The van der Waals surface area contributed by atoms with E-state index in [2.05, 4.69) is 10.3 Å². The largest absolute Gasteiger partial charge is 0.494 e. The van der Waals surface area contributed by atoms with Gasteiger partial charge in [-0.15, -0.1) is 0 Å². The molecule has 0 aliphatic carbocycles. The number of hydrogen-bond donors (Lipinski definition) is 1. The van der Waals surface area contributed by atoms with E-state index in [1.807, 2.05) is 6.92 Å². The number of amides is 1. The number of halogens is 2. The molecule has 0 fully saturated rings. The lowest BCUT2D eigenvalue weighted by atomic mass is 10.3. The number of aromatic nitrogens is 2. The molecule has 0 saturated carbocycles. The minimum absolute atomic E-state index is 0.121. The van der Waals surface area contributed by atoms with E-state index in [9.17, 15) is 18.4 Å². The molecule has 0 aliphatic rings. The second kappa shape index (κ2) is 9.33. The van der Waals surface area contributed by atoms with Crippen molar-refractivity contribution < 1.29 is 18.3 Å². The number of carbonyl (C=O) groups is 1. The highest BCUT2D eigenvalue weighted by atomic mass is 32.2. The highest BCUT2D eigenvalue weighted by molar-refractivity contribution is 7.99. The van der Waals surface area contributed by atoms with Crippen molar-refractivity contribution in [3.63, 3.8) is 0 Å². The van der Waals surface area contributed by atoms with Crippen LogP contribution in [-0.4, -0.2) is 27.8 Å². The van der Waals surface area contributed by atoms with Gasteiger partial charge in [0.1, 0.15) is 17.4 Å². The maximum Gasteiger partial charge on any atom is 0.287 e. The van der Waals surface area contributed by atoms with Gasteiger partial charge in [-0.1, -0.05) is 11.8 Å². The van der Waals surface area contributed by atoms with E-state index in [1.165, 1.54) is 17.0 Å². The number of benzene rings is 2. The Balaban J connectivity index is 1.69. The fourth-order valence-electron chi connectivity index (χ4n) is 2.48. The molecule has 9 heteroatoms. The molecule has 1 N–H and O–H groups in total. The second-order valence-corrected chi connectivity index (χ2v) is 6.76. The average Bonchev–Trinajstić information content (AvgIpc) is 2.70. The second-order valence-electron chi connectivity index (χ2n) is 5.80. The zero-order valence-corrected chi connectivity index (χ0v) is 16.2. The Morgan fingerprint density at radius 2 is 1.97 bits per heavy atom. The van der Waals surface area contributed by atoms with Crippen molar-refractivity contribution in [1.29, 1.82) is 0 Å². The Kier molecular flexibility index (Phi) is 6.61. The minimum atomic E-state index is -0.876. The average molecular weight is 417 g/mol. The number of rotatable bonds is 7. The van der Waals surface area contributed by atoms with Gasteiger partial charge in [0.2, 0.25) is 5.91 Å². The van der Waals surface area contributed by atoms with Crippen LogP contribution in [0.2, 0.25) is 0 Å². The van der Waals surface area contributed by atoms with Gasteiger partial charge in [-0.2, -0.15) is 0 Å². The van der Waals surface area contributed by atoms with Crippen molar-refractivity contribution in [2.75, 3.05) is 17.7 Å². The van der Waals surface area contributed by atoms with E-state index in [4.69, 9.17) is 4.74 Å². The van der Waals surface area contributed by atoms with Gasteiger partial charge in [-0.05, 0) is 43.3 Å². The molecular weight excluding hydrogens is 400 g/mol. The summed E-state index contributed by atoms with van der Waals surface area (Å²) in [5, 5.41) is 2.46. The number of ether oxygens (including phenoxy) is 1. The first-order valence-corrected chi connectivity index (χ1v) is 9.65. The molecule has 3 aromatic rings. The Morgan fingerprint density at radius 3 is 2.66 bits per heavy atom. The molecule has 150 valence electrons. The molecular formula is C20H17F2N3O3S. The highest BCUT2D eigenvalue weighted by Gasteiger charge is 2.12. The smallest absolute Gasteiger partial charge is 0.287 e. The summed E-state index contributed by atoms with van der Waals surface area (Å²) in [5.41, 5.74) is 0.104. The summed E-state index contributed by atoms with van der Waals surface area (Å²) in [7, 11) is 0. The van der Waals surface area contributed by atoms with Crippen molar-refractivity contribution in [3.05, 3.63) is 76.8 Å². The summed E-state index contributed by atoms with van der Waals surface area (Å²) in [6, 6.07) is 9.84. The molecule has 0 atom stereocenters. The van der Waals surface area contributed by atoms with Crippen LogP contribution in [0.25, 0.3) is 5.69 Å². The molecule has 0 spiro atoms. The van der Waals surface area contributed by atoms with E-state index in [-0.39, 0.29) is 22.0 Å². The molecule has 1 heterocycles. The molecule has 0 aliphatic heterocycles. The SMILES string of the molecule is CCOc1ccc(-n2ccnc(SCC(=O)Nc3ccc(F)cc3F)c2=O)cc1. The number of nitrogens with zero attached hydrogens (tertiary/aromatic N) is 2. The Hall–Kier alpha value is -3.20. The first-order chi connectivity index (χ1) is 14.0. The van der Waals surface area contributed by atoms with Crippen LogP contribution in [0.5, 0.6) is 5.75 Å². The lowest BCUT2D eigenvalue weighted by Crippen LogP contribution is -2.22. The maximum atomic E-state index is 13.6. The van der Waals surface area contributed by atoms with Crippen LogP contribution in [0.15, 0.2) is 64.7 Å². The van der Waals surface area contributed by atoms with Crippen molar-refractivity contribution >= 4 is 23.4 Å². The van der Waals surface area contributed by atoms with E-state index in [1.54, 1.807) is 24.3 Å². The number of nitrogens with one attached hydrogen (secondary N) is 1. The van der Waals surface area contributed by atoms with Crippen LogP contribution in [0.1, 0.15) is 6.92 Å². The van der Waals surface area contributed by atoms with Crippen molar-refractivity contribution in [1.82, 2.24) is 9.55 Å². The molecule has 1 amide bonds. The number of carbonyl (C=O) groups excluding carboxylic acids is 1. The van der Waals surface area contributed by atoms with Gasteiger partial charge in [0.25, 0.3) is 5.56 Å². The fourth-order valence-corrected chi connectivity index (χ4v) is 3.17. The van der Waals surface area contributed by atoms with Gasteiger partial charge in [-0.25, -0.2) is 13.8 Å². The fraction of sp³-hybridized carbons (Fsp3) is 0.150. The van der Waals surface area contributed by atoms with Crippen LogP contribution in [0.3, 0.4) is 0 Å². The molecule has 3 rings (SSSR count). The van der Waals surface area contributed by atoms with Gasteiger partial charge < -0.3 is 10.1 Å². The summed E-state index contributed by atoms with van der Waals surface area (Å²) >= 11 is 0.926. The van der Waals surface area contributed by atoms with Crippen molar-refractivity contribution in [2.45, 2.75) is 11.9 Å². The van der Waals surface area contributed by atoms with Crippen molar-refractivity contribution in [2.24, 2.45) is 0 Å². The molecule has 6 nitrogen and oxygen atoms in total. The minimum Gasteiger partial charge on any atom is -0.494 e. The molecule has 1 aromatic heterocycles. The molecule has 0 bridgehead atoms. The normalized spacial score (nSPS) is 10.6. The summed E-state index contributed by atoms with van der Waals surface area (Å²) < 4.78 is 33.3. The standard InChI is InChI=1S/C20H17F2N3O3S/c1-2-28-15-6-4-14(5-7-15)25-10-9-23-19(20(25)27)29-12-18(26)24-17-8-3-13(21)11-16(17)22/h3-11H,2,12H2,1H3,(H,24,26). The lowest BCUT2D eigenvalue weighted by Gasteiger charge is -2.09. The zero-order chi connectivity index (χ0) is 20.8. The van der Waals surface area contributed by atoms with E-state index in [0.717, 1.165) is 23.9 Å². The Labute approximate surface area is 169 Å². The van der Waals surface area contributed by atoms with E-state index >= 15 is 0 Å². The molecule has 0 unspecified atom stereocenters. The quantitative estimate of drug-likeness (QED) is 0.594.